The Hall–Kier alpha value is -1.89. The van der Waals surface area contributed by atoms with Crippen molar-refractivity contribution in [3.8, 4) is 0 Å². The smallest absolute Gasteiger partial charge is 0.226 e. The van der Waals surface area contributed by atoms with E-state index in [2.05, 4.69) is 10.5 Å². The lowest BCUT2D eigenvalue weighted by Crippen LogP contribution is -2.31. The number of benzene rings is 1. The average molecular weight is 308 g/mol. The minimum Gasteiger partial charge on any atom is -0.356 e. The van der Waals surface area contributed by atoms with Gasteiger partial charge in [0.15, 0.2) is 15.4 Å². The third kappa shape index (κ3) is 3.24. The molecule has 7 heteroatoms. The van der Waals surface area contributed by atoms with E-state index in [0.717, 1.165) is 5.39 Å². The fourth-order valence-corrected chi connectivity index (χ4v) is 4.43. The number of para-hydroxylation sites is 1. The van der Waals surface area contributed by atoms with Crippen LogP contribution in [0.25, 0.3) is 11.0 Å². The number of aromatic nitrogens is 1. The first kappa shape index (κ1) is 14.1. The SMILES string of the molecule is O=C(Cc1noc2ccccc12)NC[C@H]1CCS(=O)(=O)C1. The zero-order chi connectivity index (χ0) is 14.9. The molecule has 0 unspecified atom stereocenters. The Bertz CT molecular complexity index is 766. The second-order valence-corrected chi connectivity index (χ2v) is 7.60. The van der Waals surface area contributed by atoms with Crippen molar-refractivity contribution in [3.63, 3.8) is 0 Å². The number of carbonyl (C=O) groups excluding carboxylic acids is 1. The number of sulfone groups is 1. The van der Waals surface area contributed by atoms with Crippen LogP contribution in [0.2, 0.25) is 0 Å². The molecule has 0 radical (unpaired) electrons. The van der Waals surface area contributed by atoms with E-state index < -0.39 is 9.84 Å². The van der Waals surface area contributed by atoms with Gasteiger partial charge in [-0.25, -0.2) is 8.42 Å². The molecule has 112 valence electrons. The van der Waals surface area contributed by atoms with Crippen molar-refractivity contribution in [2.75, 3.05) is 18.1 Å². The van der Waals surface area contributed by atoms with E-state index >= 15 is 0 Å². The molecular weight excluding hydrogens is 292 g/mol. The molecule has 3 rings (SSSR count). The highest BCUT2D eigenvalue weighted by molar-refractivity contribution is 7.91. The van der Waals surface area contributed by atoms with Crippen LogP contribution in [0.5, 0.6) is 0 Å². The maximum absolute atomic E-state index is 11.9. The number of hydrogen-bond acceptors (Lipinski definition) is 5. The van der Waals surface area contributed by atoms with Crippen molar-refractivity contribution >= 4 is 26.7 Å². The van der Waals surface area contributed by atoms with Gasteiger partial charge in [-0.05, 0) is 24.5 Å². The third-order valence-electron chi connectivity index (χ3n) is 3.69. The van der Waals surface area contributed by atoms with Crippen LogP contribution in [0.4, 0.5) is 0 Å². The first-order chi connectivity index (χ1) is 10.0. The van der Waals surface area contributed by atoms with Crippen LogP contribution in [0.15, 0.2) is 28.8 Å². The third-order valence-corrected chi connectivity index (χ3v) is 5.53. The fourth-order valence-electron chi connectivity index (χ4n) is 2.57. The Kier molecular flexibility index (Phi) is 3.67. The minimum absolute atomic E-state index is 0.0213. The summed E-state index contributed by atoms with van der Waals surface area (Å²) in [6, 6.07) is 7.37. The van der Waals surface area contributed by atoms with Crippen LogP contribution in [0.3, 0.4) is 0 Å². The molecule has 1 atom stereocenters. The molecule has 1 saturated heterocycles. The number of amides is 1. The monoisotopic (exact) mass is 308 g/mol. The van der Waals surface area contributed by atoms with Gasteiger partial charge in [0.25, 0.3) is 0 Å². The summed E-state index contributed by atoms with van der Waals surface area (Å²) < 4.78 is 27.9. The van der Waals surface area contributed by atoms with E-state index in [9.17, 15) is 13.2 Å². The molecule has 6 nitrogen and oxygen atoms in total. The van der Waals surface area contributed by atoms with Crippen LogP contribution >= 0.6 is 0 Å². The second-order valence-electron chi connectivity index (χ2n) is 5.38. The van der Waals surface area contributed by atoms with E-state index in [1.54, 1.807) is 6.07 Å². The molecule has 1 aromatic heterocycles. The summed E-state index contributed by atoms with van der Waals surface area (Å²) >= 11 is 0. The van der Waals surface area contributed by atoms with Crippen molar-refractivity contribution in [1.82, 2.24) is 10.5 Å². The van der Waals surface area contributed by atoms with Gasteiger partial charge < -0.3 is 9.84 Å². The fraction of sp³-hybridized carbons (Fsp3) is 0.429. The zero-order valence-electron chi connectivity index (χ0n) is 11.4. The van der Waals surface area contributed by atoms with Gasteiger partial charge in [-0.3, -0.25) is 4.79 Å². The summed E-state index contributed by atoms with van der Waals surface area (Å²) in [7, 11) is -2.90. The summed E-state index contributed by atoms with van der Waals surface area (Å²) in [5, 5.41) is 7.52. The predicted octanol–water partition coefficient (Wildman–Crippen LogP) is 0.921. The molecule has 0 saturated carbocycles. The summed E-state index contributed by atoms with van der Waals surface area (Å²) in [6.45, 7) is 0.397. The highest BCUT2D eigenvalue weighted by Crippen LogP contribution is 2.19. The molecule has 1 aromatic carbocycles. The molecular formula is C14H16N2O4S. The van der Waals surface area contributed by atoms with E-state index in [1.165, 1.54) is 0 Å². The minimum atomic E-state index is -2.90. The second kappa shape index (κ2) is 5.48. The first-order valence-corrected chi connectivity index (χ1v) is 8.66. The summed E-state index contributed by atoms with van der Waals surface area (Å²) in [5.41, 5.74) is 1.25. The molecule has 0 aliphatic carbocycles. The molecule has 1 N–H and O–H groups in total. The normalized spacial score (nSPS) is 20.7. The van der Waals surface area contributed by atoms with Crippen molar-refractivity contribution in [3.05, 3.63) is 30.0 Å². The van der Waals surface area contributed by atoms with Crippen molar-refractivity contribution in [1.29, 1.82) is 0 Å². The van der Waals surface area contributed by atoms with Gasteiger partial charge in [0.05, 0.1) is 17.9 Å². The van der Waals surface area contributed by atoms with Gasteiger partial charge in [0.1, 0.15) is 5.69 Å². The van der Waals surface area contributed by atoms with Crippen LogP contribution in [0, 0.1) is 5.92 Å². The van der Waals surface area contributed by atoms with Crippen LogP contribution < -0.4 is 5.32 Å². The van der Waals surface area contributed by atoms with Crippen LogP contribution in [-0.2, 0) is 21.1 Å². The highest BCUT2D eigenvalue weighted by atomic mass is 32.2. The number of hydrogen-bond donors (Lipinski definition) is 1. The molecule has 0 bridgehead atoms. The van der Waals surface area contributed by atoms with E-state index in [1.807, 2.05) is 18.2 Å². The largest absolute Gasteiger partial charge is 0.356 e. The Balaban J connectivity index is 1.57. The molecule has 21 heavy (non-hydrogen) atoms. The highest BCUT2D eigenvalue weighted by Gasteiger charge is 2.28. The van der Waals surface area contributed by atoms with E-state index in [-0.39, 0.29) is 29.8 Å². The topological polar surface area (TPSA) is 89.3 Å². The Morgan fingerprint density at radius 3 is 2.95 bits per heavy atom. The van der Waals surface area contributed by atoms with Gasteiger partial charge >= 0.3 is 0 Å². The van der Waals surface area contributed by atoms with Gasteiger partial charge in [-0.2, -0.15) is 0 Å². The zero-order valence-corrected chi connectivity index (χ0v) is 12.2. The average Bonchev–Trinajstić information content (AvgIpc) is 3.01. The molecule has 2 aromatic rings. The molecule has 1 amide bonds. The molecule has 0 spiro atoms. The number of nitrogens with zero attached hydrogens (tertiary/aromatic N) is 1. The summed E-state index contributed by atoms with van der Waals surface area (Å²) in [4.78, 5) is 11.9. The van der Waals surface area contributed by atoms with Crippen molar-refractivity contribution in [2.45, 2.75) is 12.8 Å². The van der Waals surface area contributed by atoms with E-state index in [4.69, 9.17) is 4.52 Å². The Morgan fingerprint density at radius 2 is 2.19 bits per heavy atom. The molecule has 2 heterocycles. The van der Waals surface area contributed by atoms with Gasteiger partial charge in [0, 0.05) is 11.9 Å². The lowest BCUT2D eigenvalue weighted by Gasteiger charge is -2.08. The quantitative estimate of drug-likeness (QED) is 0.907. The van der Waals surface area contributed by atoms with Crippen molar-refractivity contribution in [2.24, 2.45) is 5.92 Å². The van der Waals surface area contributed by atoms with Crippen LogP contribution in [0.1, 0.15) is 12.1 Å². The van der Waals surface area contributed by atoms with Gasteiger partial charge in [-0.15, -0.1) is 0 Å². The summed E-state index contributed by atoms with van der Waals surface area (Å²) in [6.07, 6.45) is 0.756. The maximum Gasteiger partial charge on any atom is 0.226 e. The maximum atomic E-state index is 11.9. The first-order valence-electron chi connectivity index (χ1n) is 6.84. The van der Waals surface area contributed by atoms with Gasteiger partial charge in [0.2, 0.25) is 5.91 Å². The standard InChI is InChI=1S/C14H16N2O4S/c17-14(15-8-10-5-6-21(18,19)9-10)7-12-11-3-1-2-4-13(11)20-16-12/h1-4,10H,5-9H2,(H,15,17)/t10-/m1/s1. The Morgan fingerprint density at radius 1 is 1.38 bits per heavy atom. The molecule has 1 fully saturated rings. The van der Waals surface area contributed by atoms with E-state index in [0.29, 0.717) is 24.2 Å². The predicted molar refractivity (Wildman–Crippen MR) is 77.5 cm³/mol. The lowest BCUT2D eigenvalue weighted by atomic mass is 10.1. The molecule has 1 aliphatic rings. The number of carbonyl (C=O) groups is 1. The number of rotatable bonds is 4. The lowest BCUT2D eigenvalue weighted by molar-refractivity contribution is -0.120. The molecule has 1 aliphatic heterocycles. The number of nitrogens with one attached hydrogen (secondary N) is 1. The van der Waals surface area contributed by atoms with Crippen molar-refractivity contribution < 1.29 is 17.7 Å². The summed E-state index contributed by atoms with van der Waals surface area (Å²) in [5.74, 6) is 0.244. The number of fused-ring (bicyclic) bond motifs is 1. The van der Waals surface area contributed by atoms with Crippen LogP contribution in [-0.4, -0.2) is 37.5 Å². The van der Waals surface area contributed by atoms with Gasteiger partial charge in [-0.1, -0.05) is 17.3 Å². The Labute approximate surface area is 122 Å².